The van der Waals surface area contributed by atoms with E-state index in [1.807, 2.05) is 13.8 Å². The van der Waals surface area contributed by atoms with Crippen LogP contribution < -0.4 is 5.32 Å². The fourth-order valence-electron chi connectivity index (χ4n) is 2.31. The van der Waals surface area contributed by atoms with Gasteiger partial charge in [-0.1, -0.05) is 43.7 Å². The van der Waals surface area contributed by atoms with E-state index in [1.54, 1.807) is 11.3 Å². The van der Waals surface area contributed by atoms with Gasteiger partial charge in [-0.05, 0) is 37.0 Å². The summed E-state index contributed by atoms with van der Waals surface area (Å²) in [5.41, 5.74) is 2.46. The van der Waals surface area contributed by atoms with Gasteiger partial charge in [0.15, 0.2) is 0 Å². The van der Waals surface area contributed by atoms with E-state index in [9.17, 15) is 9.90 Å². The number of hydrogen-bond acceptors (Lipinski definition) is 3. The quantitative estimate of drug-likeness (QED) is 0.800. The molecule has 0 unspecified atom stereocenters. The molecule has 4 heteroatoms. The highest BCUT2D eigenvalue weighted by molar-refractivity contribution is 7.15. The molecule has 0 bridgehead atoms. The molecule has 2 aromatic rings. The van der Waals surface area contributed by atoms with Crippen molar-refractivity contribution in [3.05, 3.63) is 46.8 Å². The molecule has 0 aliphatic heterocycles. The van der Waals surface area contributed by atoms with Crippen LogP contribution in [0.5, 0.6) is 0 Å². The first-order valence-corrected chi connectivity index (χ1v) is 8.39. The SMILES string of the molecule is Cc1ccc(-c2ccc(CN[C@@H](CC(C)C)C(=O)O)s2)cc1. The fraction of sp³-hybridized carbons (Fsp3) is 0.389. The molecule has 2 rings (SSSR count). The van der Waals surface area contributed by atoms with Gasteiger partial charge >= 0.3 is 5.97 Å². The predicted octanol–water partition coefficient (Wildman–Crippen LogP) is 4.31. The summed E-state index contributed by atoms with van der Waals surface area (Å²) in [4.78, 5) is 13.6. The molecule has 3 nitrogen and oxygen atoms in total. The lowest BCUT2D eigenvalue weighted by atomic mass is 10.0. The summed E-state index contributed by atoms with van der Waals surface area (Å²) in [6.45, 7) is 6.76. The van der Waals surface area contributed by atoms with Gasteiger partial charge in [0.05, 0.1) is 0 Å². The van der Waals surface area contributed by atoms with Gasteiger partial charge < -0.3 is 5.11 Å². The molecule has 1 aromatic carbocycles. The van der Waals surface area contributed by atoms with Crippen LogP contribution in [0.15, 0.2) is 36.4 Å². The number of aliphatic carboxylic acids is 1. The molecular weight excluding hydrogens is 294 g/mol. The summed E-state index contributed by atoms with van der Waals surface area (Å²) >= 11 is 1.71. The van der Waals surface area contributed by atoms with E-state index in [0.29, 0.717) is 18.9 Å². The van der Waals surface area contributed by atoms with Crippen LogP contribution in [0.25, 0.3) is 10.4 Å². The second-order valence-corrected chi connectivity index (χ2v) is 7.20. The number of carboxylic acids is 1. The van der Waals surface area contributed by atoms with Gasteiger partial charge in [-0.25, -0.2) is 0 Å². The Bertz CT molecular complexity index is 616. The minimum atomic E-state index is -0.774. The summed E-state index contributed by atoms with van der Waals surface area (Å²) in [5, 5.41) is 12.4. The minimum Gasteiger partial charge on any atom is -0.480 e. The number of carboxylic acid groups (broad SMARTS) is 1. The molecule has 0 saturated heterocycles. The lowest BCUT2D eigenvalue weighted by molar-refractivity contribution is -0.140. The molecular formula is C18H23NO2S. The molecule has 0 spiro atoms. The van der Waals surface area contributed by atoms with E-state index in [2.05, 4.69) is 48.6 Å². The van der Waals surface area contributed by atoms with E-state index in [4.69, 9.17) is 0 Å². The van der Waals surface area contributed by atoms with Crippen molar-refractivity contribution in [1.82, 2.24) is 5.32 Å². The van der Waals surface area contributed by atoms with Crippen LogP contribution in [0.4, 0.5) is 0 Å². The van der Waals surface area contributed by atoms with Crippen LogP contribution in [-0.2, 0) is 11.3 Å². The zero-order valence-corrected chi connectivity index (χ0v) is 14.1. The average molecular weight is 317 g/mol. The third-order valence-electron chi connectivity index (χ3n) is 3.53. The number of benzene rings is 1. The topological polar surface area (TPSA) is 49.3 Å². The van der Waals surface area contributed by atoms with Crippen LogP contribution in [-0.4, -0.2) is 17.1 Å². The van der Waals surface area contributed by atoms with Crippen LogP contribution in [0.1, 0.15) is 30.7 Å². The number of aryl methyl sites for hydroxylation is 1. The molecule has 0 amide bonds. The number of carbonyl (C=O) groups is 1. The van der Waals surface area contributed by atoms with E-state index in [1.165, 1.54) is 16.0 Å². The van der Waals surface area contributed by atoms with E-state index >= 15 is 0 Å². The zero-order valence-electron chi connectivity index (χ0n) is 13.3. The first-order chi connectivity index (χ1) is 10.5. The summed E-state index contributed by atoms with van der Waals surface area (Å²) in [6.07, 6.45) is 0.644. The van der Waals surface area contributed by atoms with Crippen molar-refractivity contribution in [3.8, 4) is 10.4 Å². The lowest BCUT2D eigenvalue weighted by Crippen LogP contribution is -2.37. The highest BCUT2D eigenvalue weighted by Crippen LogP contribution is 2.28. The van der Waals surface area contributed by atoms with E-state index in [-0.39, 0.29) is 0 Å². The molecule has 0 aliphatic carbocycles. The second kappa shape index (κ2) is 7.56. The van der Waals surface area contributed by atoms with Crippen molar-refractivity contribution in [2.45, 2.75) is 39.8 Å². The Labute approximate surface area is 136 Å². The van der Waals surface area contributed by atoms with E-state index in [0.717, 1.165) is 4.88 Å². The highest BCUT2D eigenvalue weighted by atomic mass is 32.1. The maximum atomic E-state index is 11.3. The molecule has 2 N–H and O–H groups in total. The van der Waals surface area contributed by atoms with Crippen LogP contribution in [0, 0.1) is 12.8 Å². The van der Waals surface area contributed by atoms with Crippen molar-refractivity contribution < 1.29 is 9.90 Å². The first-order valence-electron chi connectivity index (χ1n) is 7.57. The van der Waals surface area contributed by atoms with Crippen LogP contribution in [0.3, 0.4) is 0 Å². The van der Waals surface area contributed by atoms with Crippen LogP contribution in [0.2, 0.25) is 0 Å². The molecule has 0 fully saturated rings. The second-order valence-electron chi connectivity index (χ2n) is 6.03. The largest absolute Gasteiger partial charge is 0.480 e. The summed E-state index contributed by atoms with van der Waals surface area (Å²) in [7, 11) is 0. The smallest absolute Gasteiger partial charge is 0.320 e. The molecule has 22 heavy (non-hydrogen) atoms. The Balaban J connectivity index is 1.99. The van der Waals surface area contributed by atoms with Crippen LogP contribution >= 0.6 is 11.3 Å². The molecule has 1 aromatic heterocycles. The Kier molecular flexibility index (Phi) is 5.75. The normalized spacial score (nSPS) is 12.5. The van der Waals surface area contributed by atoms with Gasteiger partial charge in [0.2, 0.25) is 0 Å². The fourth-order valence-corrected chi connectivity index (χ4v) is 3.28. The summed E-state index contributed by atoms with van der Waals surface area (Å²) in [6, 6.07) is 12.1. The number of nitrogens with one attached hydrogen (secondary N) is 1. The highest BCUT2D eigenvalue weighted by Gasteiger charge is 2.18. The molecule has 1 heterocycles. The summed E-state index contributed by atoms with van der Waals surface area (Å²) in [5.74, 6) is -0.413. The third kappa shape index (κ3) is 4.68. The van der Waals surface area contributed by atoms with Crippen molar-refractivity contribution in [2.24, 2.45) is 5.92 Å². The van der Waals surface area contributed by atoms with Gasteiger partial charge in [0.1, 0.15) is 6.04 Å². The predicted molar refractivity (Wildman–Crippen MR) is 92.2 cm³/mol. The maximum absolute atomic E-state index is 11.3. The van der Waals surface area contributed by atoms with Crippen molar-refractivity contribution >= 4 is 17.3 Å². The number of rotatable bonds is 7. The third-order valence-corrected chi connectivity index (χ3v) is 4.66. The van der Waals surface area contributed by atoms with Gasteiger partial charge in [0.25, 0.3) is 0 Å². The Hall–Kier alpha value is -1.65. The van der Waals surface area contributed by atoms with Gasteiger partial charge in [-0.15, -0.1) is 11.3 Å². The molecule has 0 saturated carbocycles. The molecule has 0 radical (unpaired) electrons. The Morgan fingerprint density at radius 2 is 1.86 bits per heavy atom. The first kappa shape index (κ1) is 16.7. The number of thiophene rings is 1. The van der Waals surface area contributed by atoms with Crippen molar-refractivity contribution in [2.75, 3.05) is 0 Å². The van der Waals surface area contributed by atoms with Crippen molar-refractivity contribution in [3.63, 3.8) is 0 Å². The van der Waals surface area contributed by atoms with Crippen molar-refractivity contribution in [1.29, 1.82) is 0 Å². The Morgan fingerprint density at radius 3 is 2.45 bits per heavy atom. The van der Waals surface area contributed by atoms with Gasteiger partial charge in [-0.2, -0.15) is 0 Å². The monoisotopic (exact) mass is 317 g/mol. The number of hydrogen-bond donors (Lipinski definition) is 2. The average Bonchev–Trinajstić information content (AvgIpc) is 2.92. The lowest BCUT2D eigenvalue weighted by Gasteiger charge is -2.15. The molecule has 118 valence electrons. The maximum Gasteiger partial charge on any atom is 0.320 e. The van der Waals surface area contributed by atoms with Gasteiger partial charge in [0, 0.05) is 16.3 Å². The van der Waals surface area contributed by atoms with E-state index < -0.39 is 12.0 Å². The standard InChI is InChI=1S/C18H23NO2S/c1-12(2)10-16(18(20)21)19-11-15-8-9-17(22-15)14-6-4-13(3)5-7-14/h4-9,12,16,19H,10-11H2,1-3H3,(H,20,21)/t16-/m0/s1. The zero-order chi connectivity index (χ0) is 16.1. The van der Waals surface area contributed by atoms with Gasteiger partial charge in [-0.3, -0.25) is 10.1 Å². The Morgan fingerprint density at radius 1 is 1.18 bits per heavy atom. The molecule has 0 aliphatic rings. The summed E-state index contributed by atoms with van der Waals surface area (Å²) < 4.78 is 0. The minimum absolute atomic E-state index is 0.361. The molecule has 1 atom stereocenters.